The van der Waals surface area contributed by atoms with Crippen molar-refractivity contribution < 1.29 is 9.53 Å². The number of morpholine rings is 1. The number of hydrogen-bond acceptors (Lipinski definition) is 7. The number of hydrogen-bond donors (Lipinski definition) is 2. The second kappa shape index (κ2) is 8.77. The van der Waals surface area contributed by atoms with Crippen LogP contribution in [0.2, 0.25) is 0 Å². The van der Waals surface area contributed by atoms with Crippen molar-refractivity contribution in [2.45, 2.75) is 13.0 Å². The first-order valence-corrected chi connectivity index (χ1v) is 11.3. The zero-order valence-electron chi connectivity index (χ0n) is 18.5. The molecule has 0 atom stereocenters. The van der Waals surface area contributed by atoms with E-state index < -0.39 is 0 Å². The Hall–Kier alpha value is -3.95. The fourth-order valence-electron chi connectivity index (χ4n) is 4.41. The molecule has 0 aliphatic carbocycles. The van der Waals surface area contributed by atoms with Crippen LogP contribution in [-0.4, -0.2) is 67.3 Å². The molecule has 1 aliphatic rings. The summed E-state index contributed by atoms with van der Waals surface area (Å²) >= 11 is 0. The Morgan fingerprint density at radius 1 is 1.00 bits per heavy atom. The van der Waals surface area contributed by atoms with Gasteiger partial charge < -0.3 is 4.74 Å². The Bertz CT molecular complexity index is 1480. The molecule has 1 aliphatic heterocycles. The number of H-pyrrole nitrogens is 2. The van der Waals surface area contributed by atoms with Crippen molar-refractivity contribution in [3.05, 3.63) is 71.9 Å². The zero-order chi connectivity index (χ0) is 22.9. The number of fused-ring (bicyclic) bond motifs is 2. The van der Waals surface area contributed by atoms with Crippen molar-refractivity contribution in [3.63, 3.8) is 0 Å². The lowest BCUT2D eigenvalue weighted by Gasteiger charge is -2.26. The number of Topliss-reactive ketones (excluding diaryl/α,β-unsaturated/α-hetero) is 1. The lowest BCUT2D eigenvalue weighted by molar-refractivity contribution is 0.0336. The van der Waals surface area contributed by atoms with Gasteiger partial charge in [0.15, 0.2) is 11.4 Å². The van der Waals surface area contributed by atoms with E-state index in [-0.39, 0.29) is 12.2 Å². The summed E-state index contributed by atoms with van der Waals surface area (Å²) in [6.45, 7) is 3.95. The monoisotopic (exact) mass is 453 g/mol. The van der Waals surface area contributed by atoms with Gasteiger partial charge in [-0.2, -0.15) is 10.2 Å². The van der Waals surface area contributed by atoms with E-state index in [1.807, 2.05) is 30.3 Å². The van der Waals surface area contributed by atoms with Crippen LogP contribution in [-0.2, 0) is 17.7 Å². The van der Waals surface area contributed by atoms with E-state index in [0.717, 1.165) is 77.2 Å². The largest absolute Gasteiger partial charge is 0.379 e. The fourth-order valence-corrected chi connectivity index (χ4v) is 4.41. The number of benzene rings is 1. The van der Waals surface area contributed by atoms with Gasteiger partial charge in [-0.1, -0.05) is 6.07 Å². The van der Waals surface area contributed by atoms with Crippen molar-refractivity contribution in [3.8, 4) is 11.1 Å². The molecule has 9 heteroatoms. The average molecular weight is 454 g/mol. The number of carbonyl (C=O) groups is 1. The van der Waals surface area contributed by atoms with E-state index in [0.29, 0.717) is 5.69 Å². The highest BCUT2D eigenvalue weighted by atomic mass is 16.5. The van der Waals surface area contributed by atoms with Gasteiger partial charge in [0.05, 0.1) is 36.8 Å². The van der Waals surface area contributed by atoms with Gasteiger partial charge in [0.25, 0.3) is 0 Å². The molecule has 1 aromatic carbocycles. The summed E-state index contributed by atoms with van der Waals surface area (Å²) in [5, 5.41) is 16.0. The number of aromatic amines is 2. The van der Waals surface area contributed by atoms with Gasteiger partial charge in [-0.05, 0) is 41.5 Å². The standard InChI is InChI=1S/C25H23N7O2/c33-24(22-3-1-2-20(29-22)15-32-4-6-34-7-5-32)11-17-8-16(10-23-21(17)14-28-30-23)18-9-19-13-27-31-25(19)26-12-18/h1-3,8-10,12-14H,4-7,11,15H2,(H,28,30)(H,26,27,31). The highest BCUT2D eigenvalue weighted by Crippen LogP contribution is 2.28. The first-order valence-electron chi connectivity index (χ1n) is 11.3. The first kappa shape index (κ1) is 20.6. The number of carbonyl (C=O) groups excluding carboxylic acids is 1. The molecule has 6 rings (SSSR count). The van der Waals surface area contributed by atoms with E-state index >= 15 is 0 Å². The van der Waals surface area contributed by atoms with E-state index in [4.69, 9.17) is 4.74 Å². The van der Waals surface area contributed by atoms with Crippen molar-refractivity contribution >= 4 is 27.7 Å². The summed E-state index contributed by atoms with van der Waals surface area (Å²) in [4.78, 5) is 24.7. The summed E-state index contributed by atoms with van der Waals surface area (Å²) in [5.74, 6) is -0.0214. The number of rotatable bonds is 6. The molecule has 1 fully saturated rings. The third-order valence-electron chi connectivity index (χ3n) is 6.20. The Labute approximate surface area is 195 Å². The Kier molecular flexibility index (Phi) is 5.32. The van der Waals surface area contributed by atoms with E-state index in [1.165, 1.54) is 0 Å². The summed E-state index contributed by atoms with van der Waals surface area (Å²) < 4.78 is 5.42. The molecule has 0 unspecified atom stereocenters. The molecule has 5 heterocycles. The molecular weight excluding hydrogens is 430 g/mol. The van der Waals surface area contributed by atoms with E-state index in [1.54, 1.807) is 24.7 Å². The molecule has 34 heavy (non-hydrogen) atoms. The molecule has 1 saturated heterocycles. The Balaban J connectivity index is 1.29. The summed E-state index contributed by atoms with van der Waals surface area (Å²) in [6.07, 6.45) is 5.56. The molecule has 0 saturated carbocycles. The molecule has 5 aromatic rings. The summed E-state index contributed by atoms with van der Waals surface area (Å²) in [6, 6.07) is 11.8. The number of ketones is 1. The van der Waals surface area contributed by atoms with Crippen LogP contribution >= 0.6 is 0 Å². The second-order valence-electron chi connectivity index (χ2n) is 8.50. The zero-order valence-corrected chi connectivity index (χ0v) is 18.5. The van der Waals surface area contributed by atoms with Crippen LogP contribution in [0.25, 0.3) is 33.1 Å². The highest BCUT2D eigenvalue weighted by molar-refractivity contribution is 5.99. The fraction of sp³-hybridized carbons (Fsp3) is 0.240. The molecule has 9 nitrogen and oxygen atoms in total. The second-order valence-corrected chi connectivity index (χ2v) is 8.50. The third kappa shape index (κ3) is 4.07. The third-order valence-corrected chi connectivity index (χ3v) is 6.20. The highest BCUT2D eigenvalue weighted by Gasteiger charge is 2.16. The van der Waals surface area contributed by atoms with Gasteiger partial charge in [0, 0.05) is 48.6 Å². The molecule has 170 valence electrons. The van der Waals surface area contributed by atoms with Crippen LogP contribution < -0.4 is 0 Å². The van der Waals surface area contributed by atoms with E-state index in [9.17, 15) is 4.79 Å². The maximum atomic E-state index is 13.3. The maximum Gasteiger partial charge on any atom is 0.185 e. The van der Waals surface area contributed by atoms with Crippen LogP contribution in [0.3, 0.4) is 0 Å². The molecule has 4 aromatic heterocycles. The van der Waals surface area contributed by atoms with Gasteiger partial charge >= 0.3 is 0 Å². The molecule has 2 N–H and O–H groups in total. The van der Waals surface area contributed by atoms with Crippen LogP contribution in [0, 0.1) is 0 Å². The predicted octanol–water partition coefficient (Wildman–Crippen LogP) is 3.15. The minimum absolute atomic E-state index is 0.0214. The SMILES string of the molecule is O=C(Cc1cc(-c2cnc3[nH]ncc3c2)cc2[nH]ncc12)c1cccc(CN2CCOCC2)n1. The van der Waals surface area contributed by atoms with Crippen molar-refractivity contribution in [1.82, 2.24) is 35.3 Å². The quantitative estimate of drug-likeness (QED) is 0.380. The molecule has 0 bridgehead atoms. The summed E-state index contributed by atoms with van der Waals surface area (Å²) in [7, 11) is 0. The first-order chi connectivity index (χ1) is 16.7. The molecule has 0 amide bonds. The van der Waals surface area contributed by atoms with Gasteiger partial charge in [-0.25, -0.2) is 9.97 Å². The van der Waals surface area contributed by atoms with Crippen LogP contribution in [0.5, 0.6) is 0 Å². The van der Waals surface area contributed by atoms with Crippen molar-refractivity contribution in [2.75, 3.05) is 26.3 Å². The normalized spacial score (nSPS) is 14.7. The topological polar surface area (TPSA) is 113 Å². The maximum absolute atomic E-state index is 13.3. The number of aromatic nitrogens is 6. The van der Waals surface area contributed by atoms with Gasteiger partial charge in [-0.3, -0.25) is 19.9 Å². The van der Waals surface area contributed by atoms with Crippen LogP contribution in [0.4, 0.5) is 0 Å². The smallest absolute Gasteiger partial charge is 0.185 e. The van der Waals surface area contributed by atoms with Gasteiger partial charge in [0.1, 0.15) is 5.69 Å². The Morgan fingerprint density at radius 3 is 2.79 bits per heavy atom. The summed E-state index contributed by atoms with van der Waals surface area (Å²) in [5.41, 5.74) is 5.81. The number of ether oxygens (including phenoxy) is 1. The lowest BCUT2D eigenvalue weighted by atomic mass is 9.97. The lowest BCUT2D eigenvalue weighted by Crippen LogP contribution is -2.35. The van der Waals surface area contributed by atoms with Gasteiger partial charge in [-0.15, -0.1) is 0 Å². The molecular formula is C25H23N7O2. The number of nitrogens with one attached hydrogen (secondary N) is 2. The minimum Gasteiger partial charge on any atom is -0.379 e. The van der Waals surface area contributed by atoms with E-state index in [2.05, 4.69) is 35.3 Å². The Morgan fingerprint density at radius 2 is 1.88 bits per heavy atom. The van der Waals surface area contributed by atoms with Crippen molar-refractivity contribution in [1.29, 1.82) is 0 Å². The predicted molar refractivity (Wildman–Crippen MR) is 127 cm³/mol. The number of nitrogens with zero attached hydrogens (tertiary/aromatic N) is 5. The minimum atomic E-state index is -0.0214. The van der Waals surface area contributed by atoms with Crippen molar-refractivity contribution in [2.24, 2.45) is 0 Å². The average Bonchev–Trinajstić information content (AvgIpc) is 3.54. The number of pyridine rings is 2. The van der Waals surface area contributed by atoms with Crippen LogP contribution in [0.1, 0.15) is 21.7 Å². The van der Waals surface area contributed by atoms with Crippen LogP contribution in [0.15, 0.2) is 55.0 Å². The molecule has 0 spiro atoms. The van der Waals surface area contributed by atoms with Gasteiger partial charge in [0.2, 0.25) is 0 Å². The molecule has 0 radical (unpaired) electrons.